The van der Waals surface area contributed by atoms with Crippen LogP contribution in [0.25, 0.3) is 0 Å². The van der Waals surface area contributed by atoms with Crippen molar-refractivity contribution in [1.29, 1.82) is 0 Å². The zero-order valence-electron chi connectivity index (χ0n) is 10.5. The number of rotatable bonds is 4. The molecule has 6 heteroatoms. The van der Waals surface area contributed by atoms with Crippen molar-refractivity contribution in [3.8, 4) is 0 Å². The molecule has 0 bridgehead atoms. The molecule has 1 atom stereocenters. The van der Waals surface area contributed by atoms with Gasteiger partial charge in [-0.25, -0.2) is 0 Å². The van der Waals surface area contributed by atoms with Crippen LogP contribution in [0.15, 0.2) is 18.2 Å². The summed E-state index contributed by atoms with van der Waals surface area (Å²) in [5.74, 6) is -0.356. The zero-order chi connectivity index (χ0) is 14.0. The number of alkyl halides is 1. The van der Waals surface area contributed by atoms with E-state index in [4.69, 9.17) is 11.6 Å². The molecule has 2 rings (SSSR count). The summed E-state index contributed by atoms with van der Waals surface area (Å²) in [5, 5.41) is 4.02. The zero-order valence-corrected chi connectivity index (χ0v) is 12.8. The number of para-hydroxylation sites is 1. The van der Waals surface area contributed by atoms with E-state index < -0.39 is 6.04 Å². The van der Waals surface area contributed by atoms with Crippen LogP contribution in [0.5, 0.6) is 0 Å². The standard InChI is InChI=1S/C13H14BrClN2O2/c1-8(18)16-11-9-4-2-5-10(15)12(9)17(13(11)19)7-3-6-14/h2,4-5,11H,3,6-7H2,1H3,(H,16,18). The van der Waals surface area contributed by atoms with Gasteiger partial charge in [0.15, 0.2) is 0 Å². The van der Waals surface area contributed by atoms with Gasteiger partial charge >= 0.3 is 0 Å². The molecule has 1 aliphatic heterocycles. The average molecular weight is 346 g/mol. The fraction of sp³-hybridized carbons (Fsp3) is 0.385. The quantitative estimate of drug-likeness (QED) is 0.853. The summed E-state index contributed by atoms with van der Waals surface area (Å²) < 4.78 is 0. The van der Waals surface area contributed by atoms with Crippen molar-refractivity contribution in [2.45, 2.75) is 19.4 Å². The molecule has 1 heterocycles. The first-order chi connectivity index (χ1) is 9.06. The van der Waals surface area contributed by atoms with Gasteiger partial charge in [0.25, 0.3) is 5.91 Å². The predicted molar refractivity (Wildman–Crippen MR) is 78.8 cm³/mol. The van der Waals surface area contributed by atoms with Gasteiger partial charge < -0.3 is 10.2 Å². The number of halogens is 2. The second kappa shape index (κ2) is 5.92. The Kier molecular flexibility index (Phi) is 4.47. The molecule has 0 aliphatic carbocycles. The second-order valence-corrected chi connectivity index (χ2v) is 5.54. The lowest BCUT2D eigenvalue weighted by Gasteiger charge is -2.18. The molecule has 0 saturated carbocycles. The van der Waals surface area contributed by atoms with E-state index in [-0.39, 0.29) is 11.8 Å². The largest absolute Gasteiger partial charge is 0.341 e. The third-order valence-corrected chi connectivity index (χ3v) is 3.84. The number of fused-ring (bicyclic) bond motifs is 1. The molecule has 0 aromatic heterocycles. The highest BCUT2D eigenvalue weighted by Crippen LogP contribution is 2.40. The van der Waals surface area contributed by atoms with Gasteiger partial charge in [-0.1, -0.05) is 39.7 Å². The van der Waals surface area contributed by atoms with Crippen LogP contribution in [0, 0.1) is 0 Å². The Labute approximate surface area is 125 Å². The first kappa shape index (κ1) is 14.3. The lowest BCUT2D eigenvalue weighted by Crippen LogP contribution is -2.37. The summed E-state index contributed by atoms with van der Waals surface area (Å²) in [5.41, 5.74) is 1.48. The number of nitrogens with one attached hydrogen (secondary N) is 1. The summed E-state index contributed by atoms with van der Waals surface area (Å²) in [6.07, 6.45) is 0.823. The van der Waals surface area contributed by atoms with Crippen LogP contribution in [0.4, 0.5) is 5.69 Å². The van der Waals surface area contributed by atoms with E-state index in [1.807, 2.05) is 6.07 Å². The highest BCUT2D eigenvalue weighted by atomic mass is 79.9. The molecule has 4 nitrogen and oxygen atoms in total. The molecule has 0 spiro atoms. The SMILES string of the molecule is CC(=O)NC1C(=O)N(CCCBr)c2c(Cl)cccc21. The molecular formula is C13H14BrClN2O2. The van der Waals surface area contributed by atoms with Crippen LogP contribution in [0.3, 0.4) is 0 Å². The average Bonchev–Trinajstić information content (AvgIpc) is 2.62. The lowest BCUT2D eigenvalue weighted by molar-refractivity contribution is -0.126. The second-order valence-electron chi connectivity index (χ2n) is 4.34. The molecule has 1 N–H and O–H groups in total. The molecular weight excluding hydrogens is 332 g/mol. The maximum Gasteiger partial charge on any atom is 0.254 e. The van der Waals surface area contributed by atoms with E-state index in [0.29, 0.717) is 17.3 Å². The smallest absolute Gasteiger partial charge is 0.254 e. The fourth-order valence-corrected chi connectivity index (χ4v) is 2.77. The van der Waals surface area contributed by atoms with E-state index in [0.717, 1.165) is 17.3 Å². The van der Waals surface area contributed by atoms with E-state index in [9.17, 15) is 9.59 Å². The number of nitrogens with zero attached hydrogens (tertiary/aromatic N) is 1. The molecule has 19 heavy (non-hydrogen) atoms. The molecule has 2 amide bonds. The molecule has 1 aliphatic rings. The molecule has 0 saturated heterocycles. The minimum atomic E-state index is -0.624. The summed E-state index contributed by atoms with van der Waals surface area (Å²) in [7, 11) is 0. The van der Waals surface area contributed by atoms with E-state index in [2.05, 4.69) is 21.2 Å². The fourth-order valence-electron chi connectivity index (χ4n) is 2.23. The van der Waals surface area contributed by atoms with Crippen LogP contribution in [0.1, 0.15) is 24.9 Å². The van der Waals surface area contributed by atoms with E-state index >= 15 is 0 Å². The van der Waals surface area contributed by atoms with Gasteiger partial charge in [0, 0.05) is 24.4 Å². The number of hydrogen-bond acceptors (Lipinski definition) is 2. The summed E-state index contributed by atoms with van der Waals surface area (Å²) in [6.45, 7) is 1.98. The molecule has 1 unspecified atom stereocenters. The number of hydrogen-bond donors (Lipinski definition) is 1. The normalized spacial score (nSPS) is 17.5. The van der Waals surface area contributed by atoms with Gasteiger partial charge in [-0.05, 0) is 12.5 Å². The van der Waals surface area contributed by atoms with Gasteiger partial charge in [-0.3, -0.25) is 9.59 Å². The molecule has 0 radical (unpaired) electrons. The van der Waals surface area contributed by atoms with Crippen molar-refractivity contribution in [1.82, 2.24) is 5.32 Å². The monoisotopic (exact) mass is 344 g/mol. The number of anilines is 1. The van der Waals surface area contributed by atoms with E-state index in [1.165, 1.54) is 6.92 Å². The third kappa shape index (κ3) is 2.77. The highest BCUT2D eigenvalue weighted by Gasteiger charge is 2.38. The Bertz CT molecular complexity index is 521. The van der Waals surface area contributed by atoms with Gasteiger partial charge in [-0.2, -0.15) is 0 Å². The molecule has 102 valence electrons. The van der Waals surface area contributed by atoms with Crippen molar-refractivity contribution >= 4 is 45.0 Å². The molecule has 1 aromatic rings. The minimum absolute atomic E-state index is 0.126. The van der Waals surface area contributed by atoms with Crippen LogP contribution in [-0.2, 0) is 9.59 Å². The minimum Gasteiger partial charge on any atom is -0.341 e. The lowest BCUT2D eigenvalue weighted by atomic mass is 10.1. The summed E-state index contributed by atoms with van der Waals surface area (Å²) in [4.78, 5) is 25.3. The van der Waals surface area contributed by atoms with Crippen molar-refractivity contribution in [2.24, 2.45) is 0 Å². The van der Waals surface area contributed by atoms with Crippen LogP contribution < -0.4 is 10.2 Å². The molecule has 1 aromatic carbocycles. The Morgan fingerprint density at radius 3 is 2.89 bits per heavy atom. The van der Waals surface area contributed by atoms with Crippen LogP contribution in [-0.4, -0.2) is 23.7 Å². The van der Waals surface area contributed by atoms with Gasteiger partial charge in [0.1, 0.15) is 6.04 Å². The Morgan fingerprint density at radius 2 is 2.26 bits per heavy atom. The number of carbonyl (C=O) groups excluding carboxylic acids is 2. The van der Waals surface area contributed by atoms with E-state index in [1.54, 1.807) is 17.0 Å². The Morgan fingerprint density at radius 1 is 1.53 bits per heavy atom. The Balaban J connectivity index is 2.40. The van der Waals surface area contributed by atoms with Crippen molar-refractivity contribution in [2.75, 3.05) is 16.8 Å². The number of benzene rings is 1. The molecule has 0 fully saturated rings. The number of amides is 2. The van der Waals surface area contributed by atoms with Crippen LogP contribution in [0.2, 0.25) is 5.02 Å². The van der Waals surface area contributed by atoms with Crippen molar-refractivity contribution in [3.63, 3.8) is 0 Å². The first-order valence-electron chi connectivity index (χ1n) is 5.99. The van der Waals surface area contributed by atoms with Gasteiger partial charge in [0.2, 0.25) is 5.91 Å². The van der Waals surface area contributed by atoms with Gasteiger partial charge in [0.05, 0.1) is 10.7 Å². The first-order valence-corrected chi connectivity index (χ1v) is 7.49. The highest BCUT2D eigenvalue weighted by molar-refractivity contribution is 9.09. The summed E-state index contributed by atoms with van der Waals surface area (Å²) >= 11 is 9.54. The van der Waals surface area contributed by atoms with Crippen LogP contribution >= 0.6 is 27.5 Å². The maximum atomic E-state index is 12.4. The third-order valence-electron chi connectivity index (χ3n) is 2.97. The Hall–Kier alpha value is -1.07. The maximum absolute atomic E-state index is 12.4. The van der Waals surface area contributed by atoms with Crippen molar-refractivity contribution < 1.29 is 9.59 Å². The summed E-state index contributed by atoms with van der Waals surface area (Å²) in [6, 6.07) is 4.75. The van der Waals surface area contributed by atoms with Gasteiger partial charge in [-0.15, -0.1) is 0 Å². The number of carbonyl (C=O) groups is 2. The predicted octanol–water partition coefficient (Wildman–Crippen LogP) is 2.65. The topological polar surface area (TPSA) is 49.4 Å². The van der Waals surface area contributed by atoms with Crippen molar-refractivity contribution in [3.05, 3.63) is 28.8 Å².